The summed E-state index contributed by atoms with van der Waals surface area (Å²) >= 11 is 0. The highest BCUT2D eigenvalue weighted by Crippen LogP contribution is 2.23. The molecule has 120 valence electrons. The largest absolute Gasteiger partial charge is 0.507 e. The maximum atomic E-state index is 12.3. The number of amides is 1. The van der Waals surface area contributed by atoms with Crippen LogP contribution in [0, 0.1) is 6.92 Å². The van der Waals surface area contributed by atoms with Gasteiger partial charge in [-0.05, 0) is 52.2 Å². The fourth-order valence-electron chi connectivity index (χ4n) is 3.01. The van der Waals surface area contributed by atoms with Crippen LogP contribution in [0.4, 0.5) is 0 Å². The van der Waals surface area contributed by atoms with Gasteiger partial charge in [-0.2, -0.15) is 0 Å². The molecule has 0 saturated carbocycles. The van der Waals surface area contributed by atoms with Gasteiger partial charge in [0.25, 0.3) is 5.91 Å². The van der Waals surface area contributed by atoms with E-state index in [1.807, 2.05) is 20.8 Å². The first-order valence-electron chi connectivity index (χ1n) is 7.68. The first kappa shape index (κ1) is 16.3. The lowest BCUT2D eigenvalue weighted by molar-refractivity contribution is -0.140. The summed E-state index contributed by atoms with van der Waals surface area (Å²) < 4.78 is 5.09. The Morgan fingerprint density at radius 1 is 1.27 bits per heavy atom. The van der Waals surface area contributed by atoms with Gasteiger partial charge in [0.15, 0.2) is 6.61 Å². The van der Waals surface area contributed by atoms with Gasteiger partial charge in [-0.3, -0.25) is 4.79 Å². The third kappa shape index (κ3) is 3.59. The lowest BCUT2D eigenvalue weighted by Gasteiger charge is -2.38. The number of likely N-dealkylation sites (tertiary alicyclic amines) is 1. The first-order valence-corrected chi connectivity index (χ1v) is 7.68. The summed E-state index contributed by atoms with van der Waals surface area (Å²) in [4.78, 5) is 26.1. The molecular formula is C17H23NO4. The van der Waals surface area contributed by atoms with E-state index in [4.69, 9.17) is 4.74 Å². The van der Waals surface area contributed by atoms with Crippen LogP contribution in [0.5, 0.6) is 5.75 Å². The number of aryl methyl sites for hydroxylation is 1. The number of rotatable bonds is 3. The molecular weight excluding hydrogens is 282 g/mol. The van der Waals surface area contributed by atoms with Crippen LogP contribution in [0.1, 0.15) is 49.0 Å². The van der Waals surface area contributed by atoms with Gasteiger partial charge in [-0.1, -0.05) is 11.6 Å². The number of piperidine rings is 1. The summed E-state index contributed by atoms with van der Waals surface area (Å²) in [6.07, 6.45) is 3.06. The van der Waals surface area contributed by atoms with Crippen molar-refractivity contribution in [1.82, 2.24) is 4.90 Å². The van der Waals surface area contributed by atoms with Gasteiger partial charge < -0.3 is 14.7 Å². The lowest BCUT2D eigenvalue weighted by atomic mass is 9.97. The summed E-state index contributed by atoms with van der Waals surface area (Å²) in [5, 5.41) is 9.71. The van der Waals surface area contributed by atoms with Crippen LogP contribution < -0.4 is 0 Å². The van der Waals surface area contributed by atoms with Gasteiger partial charge in [-0.15, -0.1) is 0 Å². The number of carbonyl (C=O) groups is 2. The molecule has 1 amide bonds. The van der Waals surface area contributed by atoms with E-state index < -0.39 is 5.97 Å². The normalized spacial score (nSPS) is 21.5. The molecule has 1 fully saturated rings. The molecule has 2 unspecified atom stereocenters. The molecule has 1 aliphatic heterocycles. The average Bonchev–Trinajstić information content (AvgIpc) is 2.47. The van der Waals surface area contributed by atoms with Crippen molar-refractivity contribution in [3.05, 3.63) is 29.3 Å². The van der Waals surface area contributed by atoms with E-state index in [2.05, 4.69) is 0 Å². The fraction of sp³-hybridized carbons (Fsp3) is 0.529. The molecule has 2 atom stereocenters. The quantitative estimate of drug-likeness (QED) is 0.872. The minimum absolute atomic E-state index is 0.0903. The van der Waals surface area contributed by atoms with Gasteiger partial charge >= 0.3 is 5.97 Å². The predicted molar refractivity (Wildman–Crippen MR) is 82.7 cm³/mol. The maximum Gasteiger partial charge on any atom is 0.342 e. The van der Waals surface area contributed by atoms with Gasteiger partial charge in [0.05, 0.1) is 0 Å². The van der Waals surface area contributed by atoms with Crippen molar-refractivity contribution in [2.75, 3.05) is 6.61 Å². The highest BCUT2D eigenvalue weighted by atomic mass is 16.5. The van der Waals surface area contributed by atoms with E-state index >= 15 is 0 Å². The Morgan fingerprint density at radius 2 is 1.91 bits per heavy atom. The standard InChI is InChI=1S/C17H23NO4/c1-11-7-8-15(19)14(9-11)17(21)22-10-16(20)18-12(2)5-4-6-13(18)3/h7-9,12-13,19H,4-6,10H2,1-3H3. The SMILES string of the molecule is Cc1ccc(O)c(C(=O)OCC(=O)N2C(C)CCCC2C)c1. The van der Waals surface area contributed by atoms with Crippen LogP contribution in [-0.2, 0) is 9.53 Å². The van der Waals surface area contributed by atoms with E-state index in [1.165, 1.54) is 6.07 Å². The molecule has 1 aromatic carbocycles. The van der Waals surface area contributed by atoms with Crippen LogP contribution in [0.25, 0.3) is 0 Å². The molecule has 22 heavy (non-hydrogen) atoms. The zero-order valence-corrected chi connectivity index (χ0v) is 13.3. The minimum Gasteiger partial charge on any atom is -0.507 e. The number of aromatic hydroxyl groups is 1. The van der Waals surface area contributed by atoms with Gasteiger partial charge in [0.2, 0.25) is 0 Å². The molecule has 0 aliphatic carbocycles. The van der Waals surface area contributed by atoms with Crippen molar-refractivity contribution in [1.29, 1.82) is 0 Å². The summed E-state index contributed by atoms with van der Waals surface area (Å²) in [5.74, 6) is -0.991. The molecule has 1 N–H and O–H groups in total. The number of nitrogens with zero attached hydrogens (tertiary/aromatic N) is 1. The Balaban J connectivity index is 1.98. The van der Waals surface area contributed by atoms with Crippen molar-refractivity contribution in [3.8, 4) is 5.75 Å². The summed E-state index contributed by atoms with van der Waals surface area (Å²) in [6, 6.07) is 5.04. The Hall–Kier alpha value is -2.04. The molecule has 5 nitrogen and oxygen atoms in total. The molecule has 0 spiro atoms. The van der Waals surface area contributed by atoms with Gasteiger partial charge in [-0.25, -0.2) is 4.79 Å². The molecule has 1 aliphatic rings. The number of benzene rings is 1. The maximum absolute atomic E-state index is 12.3. The van der Waals surface area contributed by atoms with Crippen LogP contribution >= 0.6 is 0 Å². The Bertz CT molecular complexity index is 560. The molecule has 1 saturated heterocycles. The number of esters is 1. The van der Waals surface area contributed by atoms with Gasteiger partial charge in [0.1, 0.15) is 11.3 Å². The summed E-state index contributed by atoms with van der Waals surface area (Å²) in [7, 11) is 0. The second-order valence-corrected chi connectivity index (χ2v) is 6.03. The molecule has 0 radical (unpaired) electrons. The molecule has 5 heteroatoms. The van der Waals surface area contributed by atoms with Crippen LogP contribution in [0.15, 0.2) is 18.2 Å². The summed E-state index contributed by atoms with van der Waals surface area (Å²) in [5.41, 5.74) is 0.932. The number of hydrogen-bond acceptors (Lipinski definition) is 4. The minimum atomic E-state index is -0.674. The van der Waals surface area contributed by atoms with E-state index in [0.717, 1.165) is 24.8 Å². The second-order valence-electron chi connectivity index (χ2n) is 6.03. The highest BCUT2D eigenvalue weighted by molar-refractivity contribution is 5.94. The summed E-state index contributed by atoms with van der Waals surface area (Å²) in [6.45, 7) is 5.56. The van der Waals surface area contributed by atoms with Crippen molar-refractivity contribution in [2.45, 2.75) is 52.1 Å². The van der Waals surface area contributed by atoms with Crippen LogP contribution in [-0.4, -0.2) is 40.6 Å². The topological polar surface area (TPSA) is 66.8 Å². The van der Waals surface area contributed by atoms with Crippen LogP contribution in [0.2, 0.25) is 0 Å². The number of phenols is 1. The third-order valence-electron chi connectivity index (χ3n) is 4.18. The Morgan fingerprint density at radius 3 is 2.55 bits per heavy atom. The Labute approximate surface area is 130 Å². The van der Waals surface area contributed by atoms with Crippen molar-refractivity contribution >= 4 is 11.9 Å². The molecule has 1 aromatic rings. The molecule has 1 heterocycles. The van der Waals surface area contributed by atoms with Crippen LogP contribution in [0.3, 0.4) is 0 Å². The molecule has 2 rings (SSSR count). The molecule has 0 aromatic heterocycles. The molecule has 0 bridgehead atoms. The van der Waals surface area contributed by atoms with E-state index in [-0.39, 0.29) is 35.9 Å². The number of phenolic OH excluding ortho intramolecular Hbond substituents is 1. The zero-order chi connectivity index (χ0) is 16.3. The van der Waals surface area contributed by atoms with Crippen molar-refractivity contribution < 1.29 is 19.4 Å². The predicted octanol–water partition coefficient (Wildman–Crippen LogP) is 2.65. The lowest BCUT2D eigenvalue weighted by Crippen LogP contribution is -2.49. The smallest absolute Gasteiger partial charge is 0.342 e. The third-order valence-corrected chi connectivity index (χ3v) is 4.18. The van der Waals surface area contributed by atoms with Gasteiger partial charge in [0, 0.05) is 12.1 Å². The van der Waals surface area contributed by atoms with Crippen molar-refractivity contribution in [2.24, 2.45) is 0 Å². The van der Waals surface area contributed by atoms with Crippen molar-refractivity contribution in [3.63, 3.8) is 0 Å². The first-order chi connectivity index (χ1) is 10.4. The Kier molecular flexibility index (Phi) is 5.06. The fourth-order valence-corrected chi connectivity index (χ4v) is 3.01. The average molecular weight is 305 g/mol. The number of hydrogen-bond donors (Lipinski definition) is 1. The number of ether oxygens (including phenoxy) is 1. The second kappa shape index (κ2) is 6.81. The van der Waals surface area contributed by atoms with E-state index in [1.54, 1.807) is 17.0 Å². The van der Waals surface area contributed by atoms with E-state index in [9.17, 15) is 14.7 Å². The van der Waals surface area contributed by atoms with E-state index in [0.29, 0.717) is 0 Å². The monoisotopic (exact) mass is 305 g/mol. The number of carbonyl (C=O) groups excluding carboxylic acids is 2. The zero-order valence-electron chi connectivity index (χ0n) is 13.3. The highest BCUT2D eigenvalue weighted by Gasteiger charge is 2.29.